The van der Waals surface area contributed by atoms with E-state index >= 15 is 0 Å². The minimum Gasteiger partial charge on any atom is -0.330 e. The van der Waals surface area contributed by atoms with Gasteiger partial charge >= 0.3 is 0 Å². The highest BCUT2D eigenvalue weighted by Gasteiger charge is 2.11. The maximum Gasteiger partial charge on any atom is 0.267 e. The average Bonchev–Trinajstić information content (AvgIpc) is 2.63. The fourth-order valence-corrected chi connectivity index (χ4v) is 1.50. The van der Waals surface area contributed by atoms with Crippen LogP contribution in [-0.4, -0.2) is 21.7 Å². The van der Waals surface area contributed by atoms with Gasteiger partial charge in [0, 0.05) is 11.8 Å². The molecule has 0 fully saturated rings. The van der Waals surface area contributed by atoms with E-state index in [0.717, 1.165) is 11.4 Å². The molecule has 0 aliphatic rings. The molecule has 0 radical (unpaired) electrons. The highest BCUT2D eigenvalue weighted by atomic mass is 16.1. The van der Waals surface area contributed by atoms with Crippen LogP contribution in [0.1, 0.15) is 5.56 Å². The maximum atomic E-state index is 11.4. The van der Waals surface area contributed by atoms with E-state index in [2.05, 4.69) is 15.2 Å². The molecule has 0 unspecified atom stereocenters. The molecule has 15 heavy (non-hydrogen) atoms. The Kier molecular flexibility index (Phi) is 2.64. The zero-order valence-electron chi connectivity index (χ0n) is 8.16. The Labute approximate surface area is 86.3 Å². The number of pyridine rings is 1. The molecule has 5 nitrogen and oxygen atoms in total. The monoisotopic (exact) mass is 204 g/mol. The second kappa shape index (κ2) is 4.10. The summed E-state index contributed by atoms with van der Waals surface area (Å²) in [5.41, 5.74) is 7.46. The quantitative estimate of drug-likeness (QED) is 0.670. The van der Waals surface area contributed by atoms with E-state index in [1.165, 1.54) is 0 Å². The Morgan fingerprint density at radius 1 is 1.33 bits per heavy atom. The van der Waals surface area contributed by atoms with Crippen LogP contribution in [0.3, 0.4) is 0 Å². The smallest absolute Gasteiger partial charge is 0.267 e. The highest BCUT2D eigenvalue weighted by molar-refractivity contribution is 5.57. The zero-order chi connectivity index (χ0) is 10.7. The first-order chi connectivity index (χ1) is 7.33. The molecule has 0 amide bonds. The first-order valence-electron chi connectivity index (χ1n) is 4.74. The summed E-state index contributed by atoms with van der Waals surface area (Å²) in [4.78, 5) is 15.6. The van der Waals surface area contributed by atoms with Gasteiger partial charge in [0.05, 0.1) is 11.4 Å². The number of nitrogens with two attached hydrogens (primary N) is 1. The maximum absolute atomic E-state index is 11.4. The van der Waals surface area contributed by atoms with Gasteiger partial charge in [-0.3, -0.25) is 20.0 Å². The Morgan fingerprint density at radius 3 is 2.87 bits per heavy atom. The average molecular weight is 204 g/mol. The molecule has 78 valence electrons. The molecule has 0 aliphatic carbocycles. The van der Waals surface area contributed by atoms with Crippen LogP contribution in [0.15, 0.2) is 29.2 Å². The largest absolute Gasteiger partial charge is 0.330 e. The van der Waals surface area contributed by atoms with Crippen LogP contribution >= 0.6 is 0 Å². The van der Waals surface area contributed by atoms with Crippen LogP contribution in [-0.2, 0) is 6.42 Å². The standard InChI is InChI=1S/C10H12N4O/c11-5-4-7-9(13-14-10(7)15)8-3-1-2-6-12-8/h1-3,6H,4-5,11H2,(H2,13,14,15). The van der Waals surface area contributed by atoms with Gasteiger partial charge < -0.3 is 5.73 Å². The van der Waals surface area contributed by atoms with Crippen molar-refractivity contribution in [2.75, 3.05) is 6.54 Å². The molecule has 0 spiro atoms. The Hall–Kier alpha value is -1.88. The zero-order valence-corrected chi connectivity index (χ0v) is 8.16. The van der Waals surface area contributed by atoms with Crippen molar-refractivity contribution in [3.05, 3.63) is 40.3 Å². The van der Waals surface area contributed by atoms with Crippen LogP contribution in [0.25, 0.3) is 11.4 Å². The molecule has 2 heterocycles. The van der Waals surface area contributed by atoms with Gasteiger partial charge in [-0.05, 0) is 25.1 Å². The summed E-state index contributed by atoms with van der Waals surface area (Å²) in [6.45, 7) is 0.445. The van der Waals surface area contributed by atoms with Gasteiger partial charge in [-0.1, -0.05) is 6.07 Å². The summed E-state index contributed by atoms with van der Waals surface area (Å²) in [5.74, 6) is 0. The third-order valence-corrected chi connectivity index (χ3v) is 2.19. The molecule has 4 N–H and O–H groups in total. The fourth-order valence-electron chi connectivity index (χ4n) is 1.50. The van der Waals surface area contributed by atoms with E-state index in [1.807, 2.05) is 18.2 Å². The minimum absolute atomic E-state index is 0.124. The first-order valence-corrected chi connectivity index (χ1v) is 4.74. The van der Waals surface area contributed by atoms with E-state index in [4.69, 9.17) is 5.73 Å². The summed E-state index contributed by atoms with van der Waals surface area (Å²) < 4.78 is 0. The third-order valence-electron chi connectivity index (χ3n) is 2.19. The summed E-state index contributed by atoms with van der Waals surface area (Å²) in [5, 5.41) is 5.36. The number of aromatic nitrogens is 3. The number of aromatic amines is 2. The number of rotatable bonds is 3. The number of H-pyrrole nitrogens is 2. The molecule has 2 rings (SSSR count). The SMILES string of the molecule is NCCc1c(-c2ccccn2)[nH][nH]c1=O. The Bertz CT molecular complexity index is 486. The second-order valence-corrected chi connectivity index (χ2v) is 3.19. The lowest BCUT2D eigenvalue weighted by Gasteiger charge is -1.99. The van der Waals surface area contributed by atoms with Crippen molar-refractivity contribution in [2.24, 2.45) is 5.73 Å². The molecular formula is C10H12N4O. The van der Waals surface area contributed by atoms with E-state index in [0.29, 0.717) is 18.5 Å². The highest BCUT2D eigenvalue weighted by Crippen LogP contribution is 2.15. The fraction of sp³-hybridized carbons (Fsp3) is 0.200. The molecule has 0 bridgehead atoms. The Morgan fingerprint density at radius 2 is 2.20 bits per heavy atom. The van der Waals surface area contributed by atoms with Gasteiger partial charge in [-0.25, -0.2) is 0 Å². The van der Waals surface area contributed by atoms with Crippen LogP contribution in [0.4, 0.5) is 0 Å². The molecule has 0 atom stereocenters. The summed E-state index contributed by atoms with van der Waals surface area (Å²) in [7, 11) is 0. The minimum atomic E-state index is -0.124. The van der Waals surface area contributed by atoms with Gasteiger partial charge in [0.1, 0.15) is 0 Å². The van der Waals surface area contributed by atoms with Crippen molar-refractivity contribution < 1.29 is 0 Å². The number of hydrogen-bond acceptors (Lipinski definition) is 3. The van der Waals surface area contributed by atoms with Gasteiger partial charge in [-0.15, -0.1) is 0 Å². The van der Waals surface area contributed by atoms with Crippen molar-refractivity contribution in [2.45, 2.75) is 6.42 Å². The van der Waals surface area contributed by atoms with Crippen molar-refractivity contribution in [3.63, 3.8) is 0 Å². The molecular weight excluding hydrogens is 192 g/mol. The molecule has 2 aromatic rings. The van der Waals surface area contributed by atoms with E-state index in [1.54, 1.807) is 6.20 Å². The van der Waals surface area contributed by atoms with Gasteiger partial charge in [0.15, 0.2) is 0 Å². The third kappa shape index (κ3) is 1.82. The number of hydrogen-bond donors (Lipinski definition) is 3. The van der Waals surface area contributed by atoms with Crippen LogP contribution in [0, 0.1) is 0 Å². The lowest BCUT2D eigenvalue weighted by molar-refractivity contribution is 0.959. The number of nitrogens with zero attached hydrogens (tertiary/aromatic N) is 1. The van der Waals surface area contributed by atoms with Gasteiger partial charge in [0.2, 0.25) is 0 Å². The first kappa shape index (κ1) is 9.67. The molecule has 0 saturated carbocycles. The Balaban J connectivity index is 2.49. The summed E-state index contributed by atoms with van der Waals surface area (Å²) in [6.07, 6.45) is 2.23. The van der Waals surface area contributed by atoms with E-state index in [9.17, 15) is 4.79 Å². The van der Waals surface area contributed by atoms with Crippen LogP contribution in [0.5, 0.6) is 0 Å². The van der Waals surface area contributed by atoms with Gasteiger partial charge in [-0.2, -0.15) is 0 Å². The normalized spacial score (nSPS) is 10.5. The topological polar surface area (TPSA) is 87.6 Å². The second-order valence-electron chi connectivity index (χ2n) is 3.19. The van der Waals surface area contributed by atoms with Crippen molar-refractivity contribution >= 4 is 0 Å². The molecule has 5 heteroatoms. The van der Waals surface area contributed by atoms with E-state index < -0.39 is 0 Å². The van der Waals surface area contributed by atoms with Crippen LogP contribution < -0.4 is 11.3 Å². The lowest BCUT2D eigenvalue weighted by atomic mass is 10.1. The van der Waals surface area contributed by atoms with Crippen molar-refractivity contribution in [1.29, 1.82) is 0 Å². The molecule has 0 saturated heterocycles. The van der Waals surface area contributed by atoms with Crippen LogP contribution in [0.2, 0.25) is 0 Å². The predicted octanol–water partition coefficient (Wildman–Crippen LogP) is 0.266. The predicted molar refractivity (Wildman–Crippen MR) is 57.4 cm³/mol. The lowest BCUT2D eigenvalue weighted by Crippen LogP contribution is -2.12. The van der Waals surface area contributed by atoms with Crippen molar-refractivity contribution in [1.82, 2.24) is 15.2 Å². The molecule has 2 aromatic heterocycles. The summed E-state index contributed by atoms with van der Waals surface area (Å²) >= 11 is 0. The summed E-state index contributed by atoms with van der Waals surface area (Å²) in [6, 6.07) is 5.55. The molecule has 0 aliphatic heterocycles. The van der Waals surface area contributed by atoms with E-state index in [-0.39, 0.29) is 5.56 Å². The van der Waals surface area contributed by atoms with Crippen molar-refractivity contribution in [3.8, 4) is 11.4 Å². The number of nitrogens with one attached hydrogen (secondary N) is 2. The molecule has 0 aromatic carbocycles. The van der Waals surface area contributed by atoms with Gasteiger partial charge in [0.25, 0.3) is 5.56 Å².